The maximum absolute atomic E-state index is 12.5. The molecule has 22 heavy (non-hydrogen) atoms. The summed E-state index contributed by atoms with van der Waals surface area (Å²) in [7, 11) is 0. The molecule has 0 spiro atoms. The summed E-state index contributed by atoms with van der Waals surface area (Å²) in [5.41, 5.74) is 0.675. The number of halogens is 1. The Morgan fingerprint density at radius 3 is 2.32 bits per heavy atom. The van der Waals surface area contributed by atoms with E-state index in [4.69, 9.17) is 11.6 Å². The molecule has 0 radical (unpaired) electrons. The van der Waals surface area contributed by atoms with Crippen molar-refractivity contribution in [2.45, 2.75) is 12.8 Å². The zero-order valence-corrected chi connectivity index (χ0v) is 13.0. The van der Waals surface area contributed by atoms with Gasteiger partial charge in [0.25, 0.3) is 0 Å². The minimum atomic E-state index is -0.370. The molecule has 1 aromatic rings. The van der Waals surface area contributed by atoms with Crippen molar-refractivity contribution >= 4 is 29.1 Å². The SMILES string of the molecule is C=CCNC(=O)C1CC=CCC1C(=O)Nc1ccc(Cl)cc1. The van der Waals surface area contributed by atoms with Crippen LogP contribution in [0.2, 0.25) is 5.02 Å². The second-order valence-corrected chi connectivity index (χ2v) is 5.62. The molecular weight excluding hydrogens is 300 g/mol. The van der Waals surface area contributed by atoms with Crippen LogP contribution in [-0.4, -0.2) is 18.4 Å². The van der Waals surface area contributed by atoms with Crippen LogP contribution in [0.1, 0.15) is 12.8 Å². The molecule has 1 aliphatic rings. The molecule has 0 aliphatic heterocycles. The molecule has 0 bridgehead atoms. The highest BCUT2D eigenvalue weighted by Gasteiger charge is 2.33. The van der Waals surface area contributed by atoms with Crippen molar-refractivity contribution in [1.82, 2.24) is 5.32 Å². The van der Waals surface area contributed by atoms with Crippen molar-refractivity contribution in [2.24, 2.45) is 11.8 Å². The molecule has 0 aromatic heterocycles. The third kappa shape index (κ3) is 4.21. The molecule has 116 valence electrons. The average Bonchev–Trinajstić information content (AvgIpc) is 2.54. The molecule has 0 saturated heterocycles. The molecule has 0 heterocycles. The van der Waals surface area contributed by atoms with E-state index in [9.17, 15) is 9.59 Å². The van der Waals surface area contributed by atoms with E-state index < -0.39 is 0 Å². The van der Waals surface area contributed by atoms with Crippen LogP contribution in [0.15, 0.2) is 49.1 Å². The summed E-state index contributed by atoms with van der Waals surface area (Å²) >= 11 is 5.83. The summed E-state index contributed by atoms with van der Waals surface area (Å²) in [6, 6.07) is 6.91. The van der Waals surface area contributed by atoms with Gasteiger partial charge in [-0.2, -0.15) is 0 Å². The first-order valence-electron chi connectivity index (χ1n) is 7.22. The lowest BCUT2D eigenvalue weighted by Crippen LogP contribution is -2.40. The average molecular weight is 319 g/mol. The first kappa shape index (κ1) is 16.3. The molecule has 2 amide bonds. The van der Waals surface area contributed by atoms with Gasteiger partial charge in [0.1, 0.15) is 0 Å². The smallest absolute Gasteiger partial charge is 0.228 e. The largest absolute Gasteiger partial charge is 0.352 e. The van der Waals surface area contributed by atoms with Crippen molar-refractivity contribution in [3.8, 4) is 0 Å². The number of rotatable bonds is 5. The molecule has 2 unspecified atom stereocenters. The number of allylic oxidation sites excluding steroid dienone is 2. The molecule has 1 aliphatic carbocycles. The van der Waals surface area contributed by atoms with Gasteiger partial charge in [-0.1, -0.05) is 29.8 Å². The van der Waals surface area contributed by atoms with Gasteiger partial charge in [-0.05, 0) is 37.1 Å². The summed E-state index contributed by atoms with van der Waals surface area (Å²) < 4.78 is 0. The van der Waals surface area contributed by atoms with E-state index in [-0.39, 0.29) is 23.7 Å². The summed E-state index contributed by atoms with van der Waals surface area (Å²) in [5.74, 6) is -0.978. The number of carbonyl (C=O) groups is 2. The highest BCUT2D eigenvalue weighted by Crippen LogP contribution is 2.27. The van der Waals surface area contributed by atoms with E-state index in [1.54, 1.807) is 30.3 Å². The number of amides is 2. The summed E-state index contributed by atoms with van der Waals surface area (Å²) in [5, 5.41) is 6.23. The van der Waals surface area contributed by atoms with Gasteiger partial charge in [-0.25, -0.2) is 0 Å². The molecule has 5 heteroatoms. The van der Waals surface area contributed by atoms with E-state index in [0.717, 1.165) is 0 Å². The van der Waals surface area contributed by atoms with Crippen LogP contribution in [0.3, 0.4) is 0 Å². The van der Waals surface area contributed by atoms with Gasteiger partial charge in [0, 0.05) is 17.3 Å². The van der Waals surface area contributed by atoms with Gasteiger partial charge in [-0.15, -0.1) is 6.58 Å². The van der Waals surface area contributed by atoms with Gasteiger partial charge in [0.05, 0.1) is 11.8 Å². The Labute approximate surface area is 135 Å². The lowest BCUT2D eigenvalue weighted by atomic mass is 9.81. The van der Waals surface area contributed by atoms with Crippen LogP contribution in [-0.2, 0) is 9.59 Å². The first-order valence-corrected chi connectivity index (χ1v) is 7.59. The van der Waals surface area contributed by atoms with E-state index in [0.29, 0.717) is 30.1 Å². The number of carbonyl (C=O) groups excluding carboxylic acids is 2. The fourth-order valence-electron chi connectivity index (χ4n) is 2.47. The quantitative estimate of drug-likeness (QED) is 0.819. The molecule has 0 saturated carbocycles. The van der Waals surface area contributed by atoms with Crippen molar-refractivity contribution in [3.63, 3.8) is 0 Å². The molecule has 1 aromatic carbocycles. The van der Waals surface area contributed by atoms with Crippen LogP contribution < -0.4 is 10.6 Å². The number of anilines is 1. The second-order valence-electron chi connectivity index (χ2n) is 5.19. The van der Waals surface area contributed by atoms with Crippen LogP contribution in [0.25, 0.3) is 0 Å². The summed E-state index contributed by atoms with van der Waals surface area (Å²) in [6.45, 7) is 3.98. The standard InChI is InChI=1S/C17H19ClN2O2/c1-2-11-19-16(21)14-5-3-4-6-15(14)17(22)20-13-9-7-12(18)8-10-13/h2-4,7-10,14-15H,1,5-6,11H2,(H,19,21)(H,20,22). The summed E-state index contributed by atoms with van der Waals surface area (Å²) in [4.78, 5) is 24.6. The maximum atomic E-state index is 12.5. The normalized spacial score (nSPS) is 20.2. The zero-order chi connectivity index (χ0) is 15.9. The van der Waals surface area contributed by atoms with Crippen LogP contribution in [0.5, 0.6) is 0 Å². The third-order valence-corrected chi connectivity index (χ3v) is 3.89. The Bertz CT molecular complexity index is 581. The zero-order valence-electron chi connectivity index (χ0n) is 12.2. The minimum Gasteiger partial charge on any atom is -0.352 e. The maximum Gasteiger partial charge on any atom is 0.228 e. The molecule has 2 atom stereocenters. The molecule has 2 rings (SSSR count). The Hall–Kier alpha value is -2.07. The van der Waals surface area contributed by atoms with Crippen LogP contribution >= 0.6 is 11.6 Å². The fourth-order valence-corrected chi connectivity index (χ4v) is 2.59. The Balaban J connectivity index is 2.05. The van der Waals surface area contributed by atoms with Gasteiger partial charge in [-0.3, -0.25) is 9.59 Å². The van der Waals surface area contributed by atoms with Crippen LogP contribution in [0.4, 0.5) is 5.69 Å². The molecule has 2 N–H and O–H groups in total. The number of hydrogen-bond acceptors (Lipinski definition) is 2. The Kier molecular flexibility index (Phi) is 5.78. The second kappa shape index (κ2) is 7.80. The van der Waals surface area contributed by atoms with Gasteiger partial charge in [0.15, 0.2) is 0 Å². The lowest BCUT2D eigenvalue weighted by molar-refractivity contribution is -0.132. The third-order valence-electron chi connectivity index (χ3n) is 3.64. The lowest BCUT2D eigenvalue weighted by Gasteiger charge is -2.26. The Morgan fingerprint density at radius 1 is 1.14 bits per heavy atom. The van der Waals surface area contributed by atoms with E-state index in [1.165, 1.54) is 0 Å². The van der Waals surface area contributed by atoms with Gasteiger partial charge >= 0.3 is 0 Å². The number of benzene rings is 1. The highest BCUT2D eigenvalue weighted by atomic mass is 35.5. The molecular formula is C17H19ClN2O2. The first-order chi connectivity index (χ1) is 10.6. The molecule has 0 fully saturated rings. The summed E-state index contributed by atoms with van der Waals surface area (Å²) in [6.07, 6.45) is 6.65. The van der Waals surface area contributed by atoms with Crippen molar-refractivity contribution in [1.29, 1.82) is 0 Å². The highest BCUT2D eigenvalue weighted by molar-refractivity contribution is 6.30. The number of hydrogen-bond donors (Lipinski definition) is 2. The van der Waals surface area contributed by atoms with Gasteiger partial charge < -0.3 is 10.6 Å². The van der Waals surface area contributed by atoms with Gasteiger partial charge in [0.2, 0.25) is 11.8 Å². The van der Waals surface area contributed by atoms with E-state index >= 15 is 0 Å². The topological polar surface area (TPSA) is 58.2 Å². The van der Waals surface area contributed by atoms with Crippen molar-refractivity contribution in [3.05, 3.63) is 54.1 Å². The van der Waals surface area contributed by atoms with E-state index in [1.807, 2.05) is 12.2 Å². The monoisotopic (exact) mass is 318 g/mol. The van der Waals surface area contributed by atoms with Crippen LogP contribution in [0, 0.1) is 11.8 Å². The predicted molar refractivity (Wildman–Crippen MR) is 88.6 cm³/mol. The minimum absolute atomic E-state index is 0.111. The predicted octanol–water partition coefficient (Wildman–Crippen LogP) is 3.16. The fraction of sp³-hybridized carbons (Fsp3) is 0.294. The van der Waals surface area contributed by atoms with E-state index in [2.05, 4.69) is 17.2 Å². The van der Waals surface area contributed by atoms with Crippen molar-refractivity contribution < 1.29 is 9.59 Å². The number of nitrogens with one attached hydrogen (secondary N) is 2. The Morgan fingerprint density at radius 2 is 1.73 bits per heavy atom. The van der Waals surface area contributed by atoms with Crippen molar-refractivity contribution in [2.75, 3.05) is 11.9 Å². The molecule has 4 nitrogen and oxygen atoms in total.